The van der Waals surface area contributed by atoms with E-state index in [9.17, 15) is 18.4 Å². The normalized spacial score (nSPS) is 10.2. The summed E-state index contributed by atoms with van der Waals surface area (Å²) in [7, 11) is 2.95. The SMILES string of the molecule is COc1ccc(CC(=O)OCC(=O)Nc2c(F)cccc2F)cc1OC. The van der Waals surface area contributed by atoms with Gasteiger partial charge in [0.25, 0.3) is 5.91 Å². The molecule has 2 aromatic carbocycles. The molecule has 8 heteroatoms. The molecule has 0 radical (unpaired) electrons. The average Bonchev–Trinajstić information content (AvgIpc) is 2.63. The number of hydrogen-bond acceptors (Lipinski definition) is 5. The minimum atomic E-state index is -0.921. The van der Waals surface area contributed by atoms with Crippen molar-refractivity contribution in [2.24, 2.45) is 0 Å². The Morgan fingerprint density at radius 3 is 2.27 bits per heavy atom. The number of ether oxygens (including phenoxy) is 3. The number of amides is 1. The van der Waals surface area contributed by atoms with Gasteiger partial charge in [-0.25, -0.2) is 8.78 Å². The third kappa shape index (κ3) is 4.92. The third-order valence-corrected chi connectivity index (χ3v) is 3.39. The Hall–Kier alpha value is -3.16. The zero-order chi connectivity index (χ0) is 19.1. The van der Waals surface area contributed by atoms with Crippen molar-refractivity contribution in [2.45, 2.75) is 6.42 Å². The first-order valence-electron chi connectivity index (χ1n) is 7.55. The molecule has 0 fully saturated rings. The van der Waals surface area contributed by atoms with Crippen molar-refractivity contribution in [1.82, 2.24) is 0 Å². The van der Waals surface area contributed by atoms with E-state index in [0.717, 1.165) is 12.1 Å². The quantitative estimate of drug-likeness (QED) is 0.764. The van der Waals surface area contributed by atoms with Crippen LogP contribution in [-0.2, 0) is 20.7 Å². The lowest BCUT2D eigenvalue weighted by Gasteiger charge is -2.10. The van der Waals surface area contributed by atoms with Gasteiger partial charge in [-0.05, 0) is 29.8 Å². The molecule has 0 heterocycles. The molecular formula is C18H17F2NO5. The van der Waals surface area contributed by atoms with E-state index < -0.39 is 35.8 Å². The Balaban J connectivity index is 1.89. The maximum Gasteiger partial charge on any atom is 0.310 e. The second-order valence-corrected chi connectivity index (χ2v) is 5.17. The van der Waals surface area contributed by atoms with Crippen molar-refractivity contribution < 1.29 is 32.6 Å². The molecule has 0 aliphatic heterocycles. The number of carbonyl (C=O) groups excluding carboxylic acids is 2. The molecule has 0 aliphatic carbocycles. The molecule has 0 aliphatic rings. The number of rotatable bonds is 7. The molecule has 26 heavy (non-hydrogen) atoms. The summed E-state index contributed by atoms with van der Waals surface area (Å²) in [4.78, 5) is 23.5. The van der Waals surface area contributed by atoms with Gasteiger partial charge in [0.2, 0.25) is 0 Å². The first kappa shape index (κ1) is 19.2. The van der Waals surface area contributed by atoms with E-state index in [0.29, 0.717) is 17.1 Å². The molecule has 6 nitrogen and oxygen atoms in total. The summed E-state index contributed by atoms with van der Waals surface area (Å²) in [5, 5.41) is 2.03. The van der Waals surface area contributed by atoms with Crippen molar-refractivity contribution in [3.8, 4) is 11.5 Å². The largest absolute Gasteiger partial charge is 0.493 e. The van der Waals surface area contributed by atoms with Gasteiger partial charge in [-0.15, -0.1) is 0 Å². The van der Waals surface area contributed by atoms with Crippen LogP contribution in [0.25, 0.3) is 0 Å². The number of benzene rings is 2. The van der Waals surface area contributed by atoms with Gasteiger partial charge in [0.15, 0.2) is 18.1 Å². The van der Waals surface area contributed by atoms with E-state index in [-0.39, 0.29) is 6.42 Å². The van der Waals surface area contributed by atoms with Crippen molar-refractivity contribution in [1.29, 1.82) is 0 Å². The van der Waals surface area contributed by atoms with E-state index in [1.54, 1.807) is 18.2 Å². The number of halogens is 2. The fourth-order valence-electron chi connectivity index (χ4n) is 2.15. The Bertz CT molecular complexity index is 790. The number of anilines is 1. The van der Waals surface area contributed by atoms with E-state index >= 15 is 0 Å². The second-order valence-electron chi connectivity index (χ2n) is 5.17. The standard InChI is InChI=1S/C18H17F2NO5/c1-24-14-7-6-11(8-15(14)25-2)9-17(23)26-10-16(22)21-18-12(19)4-3-5-13(18)20/h3-8H,9-10H2,1-2H3,(H,21,22). The molecule has 0 saturated carbocycles. The van der Waals surface area contributed by atoms with Crippen LogP contribution in [0.2, 0.25) is 0 Å². The Kier molecular flexibility index (Phi) is 6.48. The van der Waals surface area contributed by atoms with Crippen molar-refractivity contribution in [3.63, 3.8) is 0 Å². The molecule has 1 amide bonds. The summed E-state index contributed by atoms with van der Waals surface area (Å²) in [5.41, 5.74) is 0.00152. The molecule has 2 aromatic rings. The molecule has 0 atom stereocenters. The smallest absolute Gasteiger partial charge is 0.310 e. The van der Waals surface area contributed by atoms with Gasteiger partial charge in [0.1, 0.15) is 17.3 Å². The lowest BCUT2D eigenvalue weighted by atomic mass is 10.1. The molecule has 1 N–H and O–H groups in total. The first-order chi connectivity index (χ1) is 12.4. The fraction of sp³-hybridized carbons (Fsp3) is 0.222. The number of nitrogens with one attached hydrogen (secondary N) is 1. The first-order valence-corrected chi connectivity index (χ1v) is 7.55. The maximum atomic E-state index is 13.4. The Morgan fingerprint density at radius 1 is 1.00 bits per heavy atom. The second kappa shape index (κ2) is 8.80. The van der Waals surface area contributed by atoms with E-state index in [2.05, 4.69) is 0 Å². The lowest BCUT2D eigenvalue weighted by Crippen LogP contribution is -2.22. The predicted molar refractivity (Wildman–Crippen MR) is 89.2 cm³/mol. The molecule has 0 spiro atoms. The highest BCUT2D eigenvalue weighted by Gasteiger charge is 2.14. The minimum absolute atomic E-state index is 0.109. The number of methoxy groups -OCH3 is 2. The molecule has 138 valence electrons. The van der Waals surface area contributed by atoms with Crippen molar-refractivity contribution in [3.05, 3.63) is 53.6 Å². The highest BCUT2D eigenvalue weighted by atomic mass is 19.1. The average molecular weight is 365 g/mol. The van der Waals surface area contributed by atoms with E-state index in [1.807, 2.05) is 5.32 Å². The van der Waals surface area contributed by atoms with Gasteiger partial charge in [0, 0.05) is 0 Å². The van der Waals surface area contributed by atoms with E-state index in [4.69, 9.17) is 14.2 Å². The predicted octanol–water partition coefficient (Wildman–Crippen LogP) is 2.71. The zero-order valence-electron chi connectivity index (χ0n) is 14.2. The van der Waals surface area contributed by atoms with Crippen LogP contribution in [0.1, 0.15) is 5.56 Å². The van der Waals surface area contributed by atoms with Gasteiger partial charge >= 0.3 is 5.97 Å². The number of para-hydroxylation sites is 1. The zero-order valence-corrected chi connectivity index (χ0v) is 14.2. The molecular weight excluding hydrogens is 348 g/mol. The van der Waals surface area contributed by atoms with Crippen LogP contribution in [0.4, 0.5) is 14.5 Å². The van der Waals surface area contributed by atoms with Crippen LogP contribution in [0.5, 0.6) is 11.5 Å². The summed E-state index contributed by atoms with van der Waals surface area (Å²) < 4.78 is 41.9. The monoisotopic (exact) mass is 365 g/mol. The summed E-state index contributed by atoms with van der Waals surface area (Å²) in [6, 6.07) is 8.06. The molecule has 0 bridgehead atoms. The fourth-order valence-corrected chi connectivity index (χ4v) is 2.15. The number of carbonyl (C=O) groups is 2. The summed E-state index contributed by atoms with van der Waals surface area (Å²) in [5.74, 6) is -2.41. The van der Waals surface area contributed by atoms with Crippen LogP contribution in [0.15, 0.2) is 36.4 Å². The van der Waals surface area contributed by atoms with Gasteiger partial charge < -0.3 is 19.5 Å². The highest BCUT2D eigenvalue weighted by molar-refractivity contribution is 5.93. The van der Waals surface area contributed by atoms with Crippen LogP contribution in [0, 0.1) is 11.6 Å². The van der Waals surface area contributed by atoms with E-state index in [1.165, 1.54) is 20.3 Å². The van der Waals surface area contributed by atoms with Crippen molar-refractivity contribution >= 4 is 17.6 Å². The summed E-state index contributed by atoms with van der Waals surface area (Å²) in [6.07, 6.45) is -0.109. The van der Waals surface area contributed by atoms with Crippen LogP contribution in [-0.4, -0.2) is 32.7 Å². The van der Waals surface area contributed by atoms with Crippen LogP contribution >= 0.6 is 0 Å². The highest BCUT2D eigenvalue weighted by Crippen LogP contribution is 2.27. The molecule has 0 aromatic heterocycles. The lowest BCUT2D eigenvalue weighted by molar-refractivity contribution is -0.146. The topological polar surface area (TPSA) is 73.9 Å². The molecule has 0 saturated heterocycles. The Morgan fingerprint density at radius 2 is 1.65 bits per heavy atom. The van der Waals surface area contributed by atoms with Gasteiger partial charge in [-0.3, -0.25) is 9.59 Å². The summed E-state index contributed by atoms with van der Waals surface area (Å²) in [6.45, 7) is -0.667. The summed E-state index contributed by atoms with van der Waals surface area (Å²) >= 11 is 0. The molecule has 2 rings (SSSR count). The van der Waals surface area contributed by atoms with Crippen LogP contribution in [0.3, 0.4) is 0 Å². The van der Waals surface area contributed by atoms with Gasteiger partial charge in [0.05, 0.1) is 20.6 Å². The van der Waals surface area contributed by atoms with Gasteiger partial charge in [-0.1, -0.05) is 12.1 Å². The molecule has 0 unspecified atom stereocenters. The minimum Gasteiger partial charge on any atom is -0.493 e. The maximum absolute atomic E-state index is 13.4. The third-order valence-electron chi connectivity index (χ3n) is 3.39. The van der Waals surface area contributed by atoms with Crippen molar-refractivity contribution in [2.75, 3.05) is 26.1 Å². The number of esters is 1. The Labute approximate surface area is 148 Å². The van der Waals surface area contributed by atoms with Crippen LogP contribution < -0.4 is 14.8 Å². The van der Waals surface area contributed by atoms with Gasteiger partial charge in [-0.2, -0.15) is 0 Å². The number of hydrogen-bond donors (Lipinski definition) is 1.